The molecule has 0 aromatic heterocycles. The number of carbonyl (C=O) groups excluding carboxylic acids is 1. The third kappa shape index (κ3) is 8.87. The van der Waals surface area contributed by atoms with Crippen molar-refractivity contribution in [2.24, 2.45) is 0 Å². The van der Waals surface area contributed by atoms with Gasteiger partial charge in [0.1, 0.15) is 18.5 Å². The van der Waals surface area contributed by atoms with Gasteiger partial charge in [0.05, 0.1) is 0 Å². The third-order valence-corrected chi connectivity index (χ3v) is 2.82. The van der Waals surface area contributed by atoms with Crippen molar-refractivity contribution in [2.75, 3.05) is 18.5 Å². The maximum atomic E-state index is 11.5. The molecule has 1 rings (SSSR count). The average molecular weight is 331 g/mol. The first kappa shape index (κ1) is 20.7. The number of ether oxygens (including phenoxy) is 1. The van der Waals surface area contributed by atoms with E-state index in [4.69, 9.17) is 4.74 Å². The topological polar surface area (TPSA) is 70.6 Å². The highest BCUT2D eigenvalue weighted by Crippen LogP contribution is 2.16. The number of rotatable bonds is 9. The lowest BCUT2D eigenvalue weighted by molar-refractivity contribution is -0.116. The van der Waals surface area contributed by atoms with Crippen molar-refractivity contribution in [3.63, 3.8) is 0 Å². The minimum atomic E-state index is -0.545. The van der Waals surface area contributed by atoms with Crippen molar-refractivity contribution in [2.45, 2.75) is 45.8 Å². The van der Waals surface area contributed by atoms with Crippen LogP contribution in [0.3, 0.4) is 0 Å². The molecule has 0 spiro atoms. The number of benzene rings is 1. The molecule has 0 fully saturated rings. The van der Waals surface area contributed by atoms with Crippen LogP contribution >= 0.6 is 12.4 Å². The molecule has 0 heterocycles. The average Bonchev–Trinajstić information content (AvgIpc) is 2.44. The van der Waals surface area contributed by atoms with Gasteiger partial charge in [-0.3, -0.25) is 4.79 Å². The SMILES string of the molecule is CCCC(=O)Nc1ccc(OCC(O)CNC(C)C)cc1.Cl. The second kappa shape index (κ2) is 11.3. The fraction of sp³-hybridized carbons (Fsp3) is 0.562. The Balaban J connectivity index is 0.00000441. The van der Waals surface area contributed by atoms with Crippen LogP contribution < -0.4 is 15.4 Å². The summed E-state index contributed by atoms with van der Waals surface area (Å²) in [5.74, 6) is 0.688. The molecule has 0 aliphatic carbocycles. The van der Waals surface area contributed by atoms with Gasteiger partial charge in [-0.05, 0) is 30.7 Å². The summed E-state index contributed by atoms with van der Waals surface area (Å²) in [5, 5.41) is 15.7. The summed E-state index contributed by atoms with van der Waals surface area (Å²) in [4.78, 5) is 11.5. The van der Waals surface area contributed by atoms with Crippen LogP contribution in [0, 0.1) is 0 Å². The minimum Gasteiger partial charge on any atom is -0.491 e. The Kier molecular flexibility index (Phi) is 10.6. The number of amides is 1. The van der Waals surface area contributed by atoms with Crippen molar-refractivity contribution in [1.82, 2.24) is 5.32 Å². The summed E-state index contributed by atoms with van der Waals surface area (Å²) in [6, 6.07) is 7.49. The summed E-state index contributed by atoms with van der Waals surface area (Å²) < 4.78 is 5.50. The summed E-state index contributed by atoms with van der Waals surface area (Å²) >= 11 is 0. The first-order valence-electron chi connectivity index (χ1n) is 7.45. The first-order valence-corrected chi connectivity index (χ1v) is 7.45. The Hall–Kier alpha value is -1.30. The number of nitrogens with one attached hydrogen (secondary N) is 2. The van der Waals surface area contributed by atoms with Gasteiger partial charge in [-0.25, -0.2) is 0 Å². The standard InChI is InChI=1S/C16H26N2O3.ClH/c1-4-5-16(20)18-13-6-8-15(9-7-13)21-11-14(19)10-17-12(2)3;/h6-9,12,14,17,19H,4-5,10-11H2,1-3H3,(H,18,20);1H. The molecule has 0 bridgehead atoms. The molecule has 3 N–H and O–H groups in total. The fourth-order valence-corrected chi connectivity index (χ4v) is 1.71. The zero-order valence-electron chi connectivity index (χ0n) is 13.5. The summed E-state index contributed by atoms with van der Waals surface area (Å²) in [7, 11) is 0. The number of aliphatic hydroxyl groups is 1. The molecular formula is C16H27ClN2O3. The molecule has 0 aliphatic rings. The van der Waals surface area contributed by atoms with Crippen LogP contribution in [0.15, 0.2) is 24.3 Å². The quantitative estimate of drug-likeness (QED) is 0.651. The molecule has 22 heavy (non-hydrogen) atoms. The first-order chi connectivity index (χ1) is 10.0. The molecule has 0 radical (unpaired) electrons. The number of aliphatic hydroxyl groups excluding tert-OH is 1. The van der Waals surface area contributed by atoms with Crippen molar-refractivity contribution in [3.05, 3.63) is 24.3 Å². The van der Waals surface area contributed by atoms with Crippen LogP contribution in [0.1, 0.15) is 33.6 Å². The molecule has 1 atom stereocenters. The Morgan fingerprint density at radius 3 is 2.45 bits per heavy atom. The van der Waals surface area contributed by atoms with E-state index < -0.39 is 6.10 Å². The molecular weight excluding hydrogens is 304 g/mol. The van der Waals surface area contributed by atoms with Crippen LogP contribution in [0.2, 0.25) is 0 Å². The predicted molar refractivity (Wildman–Crippen MR) is 91.9 cm³/mol. The van der Waals surface area contributed by atoms with Gasteiger partial charge < -0.3 is 20.5 Å². The number of carbonyl (C=O) groups is 1. The largest absolute Gasteiger partial charge is 0.491 e. The van der Waals surface area contributed by atoms with E-state index in [0.29, 0.717) is 24.8 Å². The highest BCUT2D eigenvalue weighted by molar-refractivity contribution is 5.90. The summed E-state index contributed by atoms with van der Waals surface area (Å²) in [5.41, 5.74) is 0.753. The van der Waals surface area contributed by atoms with Gasteiger partial charge in [0.2, 0.25) is 5.91 Å². The van der Waals surface area contributed by atoms with E-state index in [2.05, 4.69) is 10.6 Å². The maximum Gasteiger partial charge on any atom is 0.224 e. The smallest absolute Gasteiger partial charge is 0.224 e. The van der Waals surface area contributed by atoms with Crippen LogP contribution in [-0.2, 0) is 4.79 Å². The molecule has 1 aromatic rings. The van der Waals surface area contributed by atoms with Crippen LogP contribution in [0.25, 0.3) is 0 Å². The maximum absolute atomic E-state index is 11.5. The molecule has 0 saturated carbocycles. The van der Waals surface area contributed by atoms with Gasteiger partial charge in [0.15, 0.2) is 0 Å². The second-order valence-corrected chi connectivity index (χ2v) is 5.35. The van der Waals surface area contributed by atoms with E-state index in [0.717, 1.165) is 12.1 Å². The Morgan fingerprint density at radius 2 is 1.91 bits per heavy atom. The monoisotopic (exact) mass is 330 g/mol. The lowest BCUT2D eigenvalue weighted by atomic mass is 10.2. The number of hydrogen-bond donors (Lipinski definition) is 3. The van der Waals surface area contributed by atoms with Gasteiger partial charge in [0.25, 0.3) is 0 Å². The molecule has 0 aliphatic heterocycles. The van der Waals surface area contributed by atoms with E-state index in [-0.39, 0.29) is 24.9 Å². The normalized spacial score (nSPS) is 11.7. The zero-order chi connectivity index (χ0) is 15.7. The van der Waals surface area contributed by atoms with E-state index in [1.54, 1.807) is 24.3 Å². The van der Waals surface area contributed by atoms with Gasteiger partial charge in [-0.1, -0.05) is 20.8 Å². The zero-order valence-corrected chi connectivity index (χ0v) is 14.3. The van der Waals surface area contributed by atoms with E-state index in [9.17, 15) is 9.90 Å². The third-order valence-electron chi connectivity index (χ3n) is 2.82. The predicted octanol–water partition coefficient (Wildman–Crippen LogP) is 2.58. The Morgan fingerprint density at radius 1 is 1.27 bits per heavy atom. The molecule has 126 valence electrons. The fourth-order valence-electron chi connectivity index (χ4n) is 1.71. The Labute approximate surface area is 138 Å². The molecule has 6 heteroatoms. The van der Waals surface area contributed by atoms with Crippen molar-refractivity contribution in [1.29, 1.82) is 0 Å². The van der Waals surface area contributed by atoms with E-state index >= 15 is 0 Å². The lowest BCUT2D eigenvalue weighted by Gasteiger charge is -2.15. The molecule has 1 aromatic carbocycles. The second-order valence-electron chi connectivity index (χ2n) is 5.35. The van der Waals surface area contributed by atoms with Crippen LogP contribution in [-0.4, -0.2) is 36.3 Å². The Bertz CT molecular complexity index is 424. The minimum absolute atomic E-state index is 0. The molecule has 1 unspecified atom stereocenters. The summed E-state index contributed by atoms with van der Waals surface area (Å²) in [6.07, 6.45) is 0.805. The van der Waals surface area contributed by atoms with Gasteiger partial charge in [-0.2, -0.15) is 0 Å². The van der Waals surface area contributed by atoms with Crippen LogP contribution in [0.5, 0.6) is 5.75 Å². The van der Waals surface area contributed by atoms with E-state index in [1.807, 2.05) is 20.8 Å². The molecule has 1 amide bonds. The lowest BCUT2D eigenvalue weighted by Crippen LogP contribution is -2.35. The highest BCUT2D eigenvalue weighted by atomic mass is 35.5. The van der Waals surface area contributed by atoms with Crippen molar-refractivity contribution in [3.8, 4) is 5.75 Å². The van der Waals surface area contributed by atoms with Gasteiger partial charge >= 0.3 is 0 Å². The van der Waals surface area contributed by atoms with Gasteiger partial charge in [0, 0.05) is 24.7 Å². The van der Waals surface area contributed by atoms with Crippen LogP contribution in [0.4, 0.5) is 5.69 Å². The summed E-state index contributed by atoms with van der Waals surface area (Å²) in [6.45, 7) is 6.76. The van der Waals surface area contributed by atoms with Gasteiger partial charge in [-0.15, -0.1) is 12.4 Å². The van der Waals surface area contributed by atoms with Crippen molar-refractivity contribution >= 4 is 24.0 Å². The number of anilines is 1. The highest BCUT2D eigenvalue weighted by Gasteiger charge is 2.06. The van der Waals surface area contributed by atoms with Crippen molar-refractivity contribution < 1.29 is 14.6 Å². The molecule has 5 nitrogen and oxygen atoms in total. The number of hydrogen-bond acceptors (Lipinski definition) is 4. The van der Waals surface area contributed by atoms with E-state index in [1.165, 1.54) is 0 Å². The molecule has 0 saturated heterocycles. The number of halogens is 1.